The van der Waals surface area contributed by atoms with Crippen LogP contribution in [0.5, 0.6) is 5.75 Å². The minimum atomic E-state index is -0.213. The molecule has 0 aliphatic heterocycles. The first-order valence-electron chi connectivity index (χ1n) is 8.54. The molecule has 2 rings (SSSR count). The molecule has 0 aliphatic rings. The second-order valence-corrected chi connectivity index (χ2v) is 6.58. The average molecular weight is 344 g/mol. The van der Waals surface area contributed by atoms with E-state index in [1.165, 1.54) is 0 Å². The number of benzene rings is 1. The highest BCUT2D eigenvalue weighted by molar-refractivity contribution is 5.74. The van der Waals surface area contributed by atoms with Crippen LogP contribution in [0.4, 0.5) is 4.79 Å². The molecule has 1 heterocycles. The molecule has 2 amide bonds. The van der Waals surface area contributed by atoms with Crippen molar-refractivity contribution in [1.29, 1.82) is 0 Å². The standard InChI is InChI=1S/C19H28N4O2/c1-12-8-7-9-17(10-12)25-11-13(2)20-19(24)21-14(3)18-15(4)22-23(6)16(18)5/h7-10,13-14H,11H2,1-6H3,(H2,20,21,24)/t13-,14+/m0/s1. The highest BCUT2D eigenvalue weighted by Crippen LogP contribution is 2.20. The van der Waals surface area contributed by atoms with Gasteiger partial charge in [0.2, 0.25) is 0 Å². The van der Waals surface area contributed by atoms with Crippen molar-refractivity contribution in [2.24, 2.45) is 7.05 Å². The summed E-state index contributed by atoms with van der Waals surface area (Å²) in [4.78, 5) is 12.2. The maximum Gasteiger partial charge on any atom is 0.315 e. The largest absolute Gasteiger partial charge is 0.491 e. The van der Waals surface area contributed by atoms with E-state index in [1.807, 2.05) is 70.6 Å². The zero-order valence-electron chi connectivity index (χ0n) is 15.9. The zero-order chi connectivity index (χ0) is 18.6. The van der Waals surface area contributed by atoms with Crippen molar-refractivity contribution in [3.8, 4) is 5.75 Å². The van der Waals surface area contributed by atoms with Gasteiger partial charge in [-0.1, -0.05) is 12.1 Å². The van der Waals surface area contributed by atoms with Crippen molar-refractivity contribution in [3.05, 3.63) is 46.8 Å². The van der Waals surface area contributed by atoms with E-state index in [-0.39, 0.29) is 18.1 Å². The van der Waals surface area contributed by atoms with Crippen molar-refractivity contribution in [1.82, 2.24) is 20.4 Å². The summed E-state index contributed by atoms with van der Waals surface area (Å²) in [7, 11) is 1.91. The number of nitrogens with one attached hydrogen (secondary N) is 2. The third kappa shape index (κ3) is 4.98. The van der Waals surface area contributed by atoms with E-state index in [2.05, 4.69) is 15.7 Å². The molecule has 25 heavy (non-hydrogen) atoms. The van der Waals surface area contributed by atoms with Gasteiger partial charge in [-0.3, -0.25) is 4.68 Å². The number of amides is 2. The average Bonchev–Trinajstić information content (AvgIpc) is 2.78. The molecule has 2 aromatic rings. The lowest BCUT2D eigenvalue weighted by Crippen LogP contribution is -2.44. The summed E-state index contributed by atoms with van der Waals surface area (Å²) in [5, 5.41) is 10.3. The monoisotopic (exact) mass is 344 g/mol. The molecule has 6 nitrogen and oxygen atoms in total. The van der Waals surface area contributed by atoms with Crippen LogP contribution in [0, 0.1) is 20.8 Å². The lowest BCUT2D eigenvalue weighted by molar-refractivity contribution is 0.223. The molecule has 1 aromatic carbocycles. The van der Waals surface area contributed by atoms with Gasteiger partial charge in [0.15, 0.2) is 0 Å². The van der Waals surface area contributed by atoms with Gasteiger partial charge in [-0.15, -0.1) is 0 Å². The Bertz CT molecular complexity index is 739. The van der Waals surface area contributed by atoms with Crippen LogP contribution in [0.3, 0.4) is 0 Å². The summed E-state index contributed by atoms with van der Waals surface area (Å²) < 4.78 is 7.56. The van der Waals surface area contributed by atoms with Crippen molar-refractivity contribution in [2.75, 3.05) is 6.61 Å². The predicted molar refractivity (Wildman–Crippen MR) is 98.9 cm³/mol. The number of hydrogen-bond donors (Lipinski definition) is 2. The van der Waals surface area contributed by atoms with E-state index >= 15 is 0 Å². The third-order valence-corrected chi connectivity index (χ3v) is 4.21. The molecule has 0 spiro atoms. The van der Waals surface area contributed by atoms with Crippen LogP contribution in [-0.4, -0.2) is 28.5 Å². The Kier molecular flexibility index (Phi) is 6.07. The maximum absolute atomic E-state index is 12.2. The van der Waals surface area contributed by atoms with E-state index in [1.54, 1.807) is 0 Å². The summed E-state index contributed by atoms with van der Waals surface area (Å²) >= 11 is 0. The predicted octanol–water partition coefficient (Wildman–Crippen LogP) is 3.17. The van der Waals surface area contributed by atoms with Crippen LogP contribution in [0.2, 0.25) is 0 Å². The molecule has 0 unspecified atom stereocenters. The Hall–Kier alpha value is -2.50. The number of rotatable bonds is 6. The first kappa shape index (κ1) is 18.8. The molecule has 1 aromatic heterocycles. The highest BCUT2D eigenvalue weighted by Gasteiger charge is 2.18. The Balaban J connectivity index is 1.84. The van der Waals surface area contributed by atoms with E-state index in [4.69, 9.17) is 4.74 Å². The molecule has 136 valence electrons. The number of urea groups is 1. The van der Waals surface area contributed by atoms with Crippen LogP contribution >= 0.6 is 0 Å². The van der Waals surface area contributed by atoms with Gasteiger partial charge >= 0.3 is 6.03 Å². The molecule has 0 aliphatic carbocycles. The first-order valence-corrected chi connectivity index (χ1v) is 8.54. The molecule has 0 radical (unpaired) electrons. The Morgan fingerprint density at radius 2 is 1.96 bits per heavy atom. The molecule has 0 bridgehead atoms. The van der Waals surface area contributed by atoms with Gasteiger partial charge in [-0.25, -0.2) is 4.79 Å². The molecular formula is C19H28N4O2. The summed E-state index contributed by atoms with van der Waals surface area (Å²) in [5.41, 5.74) is 4.19. The fourth-order valence-electron chi connectivity index (χ4n) is 2.92. The third-order valence-electron chi connectivity index (χ3n) is 4.21. The number of nitrogens with zero attached hydrogens (tertiary/aromatic N) is 2. The maximum atomic E-state index is 12.2. The summed E-state index contributed by atoms with van der Waals surface area (Å²) in [6.45, 7) is 10.3. The summed E-state index contributed by atoms with van der Waals surface area (Å²) in [6.07, 6.45) is 0. The second kappa shape index (κ2) is 8.05. The number of carbonyl (C=O) groups is 1. The van der Waals surface area contributed by atoms with Crippen LogP contribution < -0.4 is 15.4 Å². The number of hydrogen-bond acceptors (Lipinski definition) is 3. The van der Waals surface area contributed by atoms with Gasteiger partial charge in [0.05, 0.1) is 17.8 Å². The van der Waals surface area contributed by atoms with Crippen molar-refractivity contribution < 1.29 is 9.53 Å². The van der Waals surface area contributed by atoms with Gasteiger partial charge < -0.3 is 15.4 Å². The Morgan fingerprint density at radius 1 is 1.24 bits per heavy atom. The van der Waals surface area contributed by atoms with Gasteiger partial charge in [0.1, 0.15) is 12.4 Å². The second-order valence-electron chi connectivity index (χ2n) is 6.58. The lowest BCUT2D eigenvalue weighted by Gasteiger charge is -2.19. The van der Waals surface area contributed by atoms with E-state index in [0.29, 0.717) is 6.61 Å². The van der Waals surface area contributed by atoms with E-state index < -0.39 is 0 Å². The molecule has 2 N–H and O–H groups in total. The molecule has 2 atom stereocenters. The zero-order valence-corrected chi connectivity index (χ0v) is 15.9. The summed E-state index contributed by atoms with van der Waals surface area (Å²) in [5.74, 6) is 0.809. The number of carbonyl (C=O) groups excluding carboxylic acids is 1. The quantitative estimate of drug-likeness (QED) is 0.846. The molecule has 0 saturated carbocycles. The van der Waals surface area contributed by atoms with E-state index in [0.717, 1.165) is 28.3 Å². The number of aromatic nitrogens is 2. The fourth-order valence-corrected chi connectivity index (χ4v) is 2.92. The minimum Gasteiger partial charge on any atom is -0.491 e. The SMILES string of the molecule is Cc1cccc(OC[C@H](C)NC(=O)N[C@H](C)c2c(C)nn(C)c2C)c1. The molecule has 0 fully saturated rings. The molecule has 0 saturated heterocycles. The van der Waals surface area contributed by atoms with Crippen molar-refractivity contribution in [3.63, 3.8) is 0 Å². The van der Waals surface area contributed by atoms with Gasteiger partial charge in [-0.05, 0) is 52.3 Å². The van der Waals surface area contributed by atoms with Gasteiger partial charge in [-0.2, -0.15) is 5.10 Å². The van der Waals surface area contributed by atoms with Crippen molar-refractivity contribution in [2.45, 2.75) is 46.7 Å². The van der Waals surface area contributed by atoms with Crippen LogP contribution in [0.15, 0.2) is 24.3 Å². The molecular weight excluding hydrogens is 316 g/mol. The highest BCUT2D eigenvalue weighted by atomic mass is 16.5. The Labute approximate surface area is 149 Å². The summed E-state index contributed by atoms with van der Waals surface area (Å²) in [6, 6.07) is 7.43. The fraction of sp³-hybridized carbons (Fsp3) is 0.474. The van der Waals surface area contributed by atoms with E-state index in [9.17, 15) is 4.79 Å². The topological polar surface area (TPSA) is 68.2 Å². The van der Waals surface area contributed by atoms with Crippen molar-refractivity contribution >= 4 is 6.03 Å². The smallest absolute Gasteiger partial charge is 0.315 e. The van der Waals surface area contributed by atoms with Gasteiger partial charge in [0.25, 0.3) is 0 Å². The minimum absolute atomic E-state index is 0.108. The Morgan fingerprint density at radius 3 is 2.56 bits per heavy atom. The molecule has 6 heteroatoms. The van der Waals surface area contributed by atoms with Crippen LogP contribution in [-0.2, 0) is 7.05 Å². The first-order chi connectivity index (χ1) is 11.8. The number of ether oxygens (including phenoxy) is 1. The number of aryl methyl sites for hydroxylation is 3. The van der Waals surface area contributed by atoms with Crippen LogP contribution in [0.25, 0.3) is 0 Å². The lowest BCUT2D eigenvalue weighted by atomic mass is 10.1. The van der Waals surface area contributed by atoms with Crippen LogP contribution in [0.1, 0.15) is 42.4 Å². The van der Waals surface area contributed by atoms with Gasteiger partial charge in [0, 0.05) is 18.3 Å². The normalized spacial score (nSPS) is 13.2.